The van der Waals surface area contributed by atoms with Crippen molar-refractivity contribution in [2.24, 2.45) is 5.73 Å². The number of hydrogen-bond acceptors (Lipinski definition) is 6. The molecule has 6 nitrogen and oxygen atoms in total. The van der Waals surface area contributed by atoms with Crippen LogP contribution in [0.25, 0.3) is 11.4 Å². The molecule has 0 aliphatic rings. The van der Waals surface area contributed by atoms with E-state index in [1.807, 2.05) is 0 Å². The van der Waals surface area contributed by atoms with Gasteiger partial charge in [-0.25, -0.2) is 12.8 Å². The van der Waals surface area contributed by atoms with Gasteiger partial charge >= 0.3 is 0 Å². The third-order valence-electron chi connectivity index (χ3n) is 2.74. The van der Waals surface area contributed by atoms with Gasteiger partial charge in [-0.2, -0.15) is 4.98 Å². The van der Waals surface area contributed by atoms with Crippen LogP contribution in [0.2, 0.25) is 0 Å². The van der Waals surface area contributed by atoms with Crippen molar-refractivity contribution in [3.63, 3.8) is 0 Å². The van der Waals surface area contributed by atoms with E-state index in [0.29, 0.717) is 5.56 Å². The first kappa shape index (κ1) is 16.1. The molecular formula is C12H13BrFN3O3S. The molecule has 2 aromatic rings. The molecule has 0 saturated carbocycles. The van der Waals surface area contributed by atoms with Crippen molar-refractivity contribution in [3.8, 4) is 11.4 Å². The van der Waals surface area contributed by atoms with E-state index in [9.17, 15) is 12.8 Å². The molecule has 9 heteroatoms. The second kappa shape index (κ2) is 6.20. The van der Waals surface area contributed by atoms with Crippen LogP contribution in [-0.4, -0.2) is 30.6 Å². The minimum Gasteiger partial charge on any atom is -0.337 e. The van der Waals surface area contributed by atoms with Gasteiger partial charge in [0.1, 0.15) is 15.7 Å². The van der Waals surface area contributed by atoms with Crippen LogP contribution < -0.4 is 5.73 Å². The summed E-state index contributed by atoms with van der Waals surface area (Å²) in [5.41, 5.74) is 6.38. The van der Waals surface area contributed by atoms with Crippen molar-refractivity contribution in [1.29, 1.82) is 0 Å². The topological polar surface area (TPSA) is 99.1 Å². The molecule has 1 unspecified atom stereocenters. The third-order valence-corrected chi connectivity index (χ3v) is 4.32. The van der Waals surface area contributed by atoms with Gasteiger partial charge in [0.25, 0.3) is 0 Å². The molecular weight excluding hydrogens is 365 g/mol. The van der Waals surface area contributed by atoms with E-state index >= 15 is 0 Å². The first-order chi connectivity index (χ1) is 9.76. The molecule has 0 bridgehead atoms. The Hall–Kier alpha value is -1.32. The lowest BCUT2D eigenvalue weighted by Crippen LogP contribution is -2.16. The predicted molar refractivity (Wildman–Crippen MR) is 78.6 cm³/mol. The SMILES string of the molecule is CS(=O)(=O)CCC(N)c1nc(-c2ccc(F)c(Br)c2)no1. The maximum atomic E-state index is 13.2. The van der Waals surface area contributed by atoms with Crippen LogP contribution >= 0.6 is 15.9 Å². The summed E-state index contributed by atoms with van der Waals surface area (Å²) >= 11 is 3.07. The average Bonchev–Trinajstić information content (AvgIpc) is 2.88. The van der Waals surface area contributed by atoms with Gasteiger partial charge in [-0.05, 0) is 40.5 Å². The van der Waals surface area contributed by atoms with Crippen molar-refractivity contribution < 1.29 is 17.3 Å². The van der Waals surface area contributed by atoms with E-state index in [-0.39, 0.29) is 28.4 Å². The van der Waals surface area contributed by atoms with E-state index in [4.69, 9.17) is 10.3 Å². The van der Waals surface area contributed by atoms with Crippen LogP contribution in [0.15, 0.2) is 27.2 Å². The predicted octanol–water partition coefficient (Wildman–Crippen LogP) is 2.07. The summed E-state index contributed by atoms with van der Waals surface area (Å²) in [5.74, 6) is -0.0459. The molecule has 0 aliphatic carbocycles. The van der Waals surface area contributed by atoms with Gasteiger partial charge in [0.05, 0.1) is 16.3 Å². The minimum absolute atomic E-state index is 0.0615. The highest BCUT2D eigenvalue weighted by molar-refractivity contribution is 9.10. The van der Waals surface area contributed by atoms with Crippen molar-refractivity contribution >= 4 is 25.8 Å². The Morgan fingerprint density at radius 3 is 2.81 bits per heavy atom. The maximum Gasteiger partial charge on any atom is 0.243 e. The Kier molecular flexibility index (Phi) is 4.74. The van der Waals surface area contributed by atoms with E-state index < -0.39 is 21.7 Å². The zero-order valence-corrected chi connectivity index (χ0v) is 13.5. The Balaban J connectivity index is 2.15. The number of nitrogens with two attached hydrogens (primary N) is 1. The molecule has 1 aromatic carbocycles. The van der Waals surface area contributed by atoms with Crippen molar-refractivity contribution in [1.82, 2.24) is 10.1 Å². The molecule has 1 aromatic heterocycles. The van der Waals surface area contributed by atoms with Gasteiger partial charge in [0, 0.05) is 11.8 Å². The summed E-state index contributed by atoms with van der Waals surface area (Å²) in [6.45, 7) is 0. The summed E-state index contributed by atoms with van der Waals surface area (Å²) in [6, 6.07) is 3.65. The zero-order chi connectivity index (χ0) is 15.6. The molecule has 114 valence electrons. The van der Waals surface area contributed by atoms with Crippen molar-refractivity contribution in [3.05, 3.63) is 34.4 Å². The molecule has 21 heavy (non-hydrogen) atoms. The van der Waals surface area contributed by atoms with Gasteiger partial charge in [-0.15, -0.1) is 0 Å². The van der Waals surface area contributed by atoms with Gasteiger partial charge in [0.15, 0.2) is 0 Å². The molecule has 0 radical (unpaired) electrons. The lowest BCUT2D eigenvalue weighted by atomic mass is 10.2. The number of halogens is 2. The molecule has 1 heterocycles. The molecule has 0 spiro atoms. The highest BCUT2D eigenvalue weighted by Gasteiger charge is 2.18. The summed E-state index contributed by atoms with van der Waals surface area (Å²) in [4.78, 5) is 4.11. The van der Waals surface area contributed by atoms with Crippen LogP contribution in [0, 0.1) is 5.82 Å². The van der Waals surface area contributed by atoms with Crippen LogP contribution in [-0.2, 0) is 9.84 Å². The second-order valence-electron chi connectivity index (χ2n) is 4.61. The summed E-state index contributed by atoms with van der Waals surface area (Å²) in [6.07, 6.45) is 1.32. The van der Waals surface area contributed by atoms with Crippen LogP contribution in [0.3, 0.4) is 0 Å². The lowest BCUT2D eigenvalue weighted by molar-refractivity contribution is 0.352. The monoisotopic (exact) mass is 377 g/mol. The Morgan fingerprint density at radius 1 is 1.48 bits per heavy atom. The Labute approximate surface area is 129 Å². The van der Waals surface area contributed by atoms with Gasteiger partial charge in [0.2, 0.25) is 11.7 Å². The highest BCUT2D eigenvalue weighted by Crippen LogP contribution is 2.24. The first-order valence-electron chi connectivity index (χ1n) is 5.98. The molecule has 0 saturated heterocycles. The van der Waals surface area contributed by atoms with Gasteiger partial charge < -0.3 is 10.3 Å². The van der Waals surface area contributed by atoms with Gasteiger partial charge in [-0.1, -0.05) is 5.16 Å². The summed E-state index contributed by atoms with van der Waals surface area (Å²) in [7, 11) is -3.10. The summed E-state index contributed by atoms with van der Waals surface area (Å²) in [5, 5.41) is 3.76. The first-order valence-corrected chi connectivity index (χ1v) is 8.84. The molecule has 0 amide bonds. The van der Waals surface area contributed by atoms with Crippen LogP contribution in [0.1, 0.15) is 18.4 Å². The quantitative estimate of drug-likeness (QED) is 0.855. The number of sulfone groups is 1. The highest BCUT2D eigenvalue weighted by atomic mass is 79.9. The molecule has 1 atom stereocenters. The van der Waals surface area contributed by atoms with Crippen molar-refractivity contribution in [2.75, 3.05) is 12.0 Å². The van der Waals surface area contributed by atoms with E-state index in [1.165, 1.54) is 18.2 Å². The largest absolute Gasteiger partial charge is 0.337 e. The zero-order valence-electron chi connectivity index (χ0n) is 11.1. The molecule has 2 rings (SSSR count). The number of rotatable bonds is 5. The molecule has 0 fully saturated rings. The number of hydrogen-bond donors (Lipinski definition) is 1. The van der Waals surface area contributed by atoms with Gasteiger partial charge in [-0.3, -0.25) is 0 Å². The number of aromatic nitrogens is 2. The van der Waals surface area contributed by atoms with E-state index in [2.05, 4.69) is 26.1 Å². The number of benzene rings is 1. The average molecular weight is 378 g/mol. The van der Waals surface area contributed by atoms with Crippen molar-refractivity contribution in [2.45, 2.75) is 12.5 Å². The molecule has 2 N–H and O–H groups in total. The molecule has 0 aliphatic heterocycles. The lowest BCUT2D eigenvalue weighted by Gasteiger charge is -2.04. The fraction of sp³-hybridized carbons (Fsp3) is 0.333. The van der Waals surface area contributed by atoms with Crippen LogP contribution in [0.4, 0.5) is 4.39 Å². The van der Waals surface area contributed by atoms with E-state index in [0.717, 1.165) is 6.26 Å². The fourth-order valence-electron chi connectivity index (χ4n) is 1.60. The third kappa shape index (κ3) is 4.32. The Bertz CT molecular complexity index is 748. The smallest absolute Gasteiger partial charge is 0.243 e. The minimum atomic E-state index is -3.10. The standard InChI is InChI=1S/C12H13BrFN3O3S/c1-21(18,19)5-4-10(15)12-16-11(17-20-12)7-2-3-9(14)8(13)6-7/h2-3,6,10H,4-5,15H2,1H3. The van der Waals surface area contributed by atoms with E-state index in [1.54, 1.807) is 0 Å². The Morgan fingerprint density at radius 2 is 2.19 bits per heavy atom. The normalized spacial score (nSPS) is 13.3. The van der Waals surface area contributed by atoms with Crippen LogP contribution in [0.5, 0.6) is 0 Å². The maximum absolute atomic E-state index is 13.2. The summed E-state index contributed by atoms with van der Waals surface area (Å²) < 4.78 is 40.7. The second-order valence-corrected chi connectivity index (χ2v) is 7.72. The fourth-order valence-corrected chi connectivity index (χ4v) is 2.66. The number of nitrogens with zero attached hydrogens (tertiary/aromatic N) is 2.